The molecule has 0 spiro atoms. The van der Waals surface area contributed by atoms with Crippen molar-refractivity contribution in [2.45, 2.75) is 76.2 Å². The number of hydrogen-bond donors (Lipinski definition) is 0. The number of piperidine rings is 2. The second-order valence-electron chi connectivity index (χ2n) is 11.8. The zero-order valence-electron chi connectivity index (χ0n) is 22.4. The van der Waals surface area contributed by atoms with Gasteiger partial charge in [0.1, 0.15) is 5.82 Å². The summed E-state index contributed by atoms with van der Waals surface area (Å²) in [4.78, 5) is 22.8. The average Bonchev–Trinajstić information content (AvgIpc) is 3.60. The van der Waals surface area contributed by atoms with Gasteiger partial charge in [0.15, 0.2) is 0 Å². The van der Waals surface area contributed by atoms with E-state index in [1.54, 1.807) is 0 Å². The second-order valence-corrected chi connectivity index (χ2v) is 11.8. The van der Waals surface area contributed by atoms with Crippen molar-refractivity contribution < 1.29 is 4.79 Å². The summed E-state index contributed by atoms with van der Waals surface area (Å²) in [5.41, 5.74) is 4.05. The Labute approximate surface area is 221 Å². The van der Waals surface area contributed by atoms with Gasteiger partial charge >= 0.3 is 0 Å². The molecule has 2 saturated heterocycles. The third kappa shape index (κ3) is 4.95. The van der Waals surface area contributed by atoms with Crippen molar-refractivity contribution in [3.63, 3.8) is 0 Å². The minimum Gasteiger partial charge on any atom is -0.342 e. The molecule has 37 heavy (non-hydrogen) atoms. The van der Waals surface area contributed by atoms with Gasteiger partial charge in [-0.3, -0.25) is 4.79 Å². The predicted molar refractivity (Wildman–Crippen MR) is 150 cm³/mol. The molecule has 3 aliphatic rings. The maximum Gasteiger partial charge on any atom is 0.225 e. The third-order valence-electron chi connectivity index (χ3n) is 9.72. The van der Waals surface area contributed by atoms with Gasteiger partial charge in [-0.15, -0.1) is 0 Å². The molecular formula is C32H42N4O. The Morgan fingerprint density at radius 2 is 1.57 bits per heavy atom. The van der Waals surface area contributed by atoms with Crippen molar-refractivity contribution in [1.82, 2.24) is 19.4 Å². The molecule has 196 valence electrons. The van der Waals surface area contributed by atoms with Crippen LogP contribution in [0.3, 0.4) is 0 Å². The molecule has 5 nitrogen and oxygen atoms in total. The van der Waals surface area contributed by atoms with Crippen LogP contribution in [0.4, 0.5) is 0 Å². The van der Waals surface area contributed by atoms with E-state index in [4.69, 9.17) is 4.98 Å². The van der Waals surface area contributed by atoms with E-state index in [9.17, 15) is 4.79 Å². The van der Waals surface area contributed by atoms with Gasteiger partial charge in [0.2, 0.25) is 5.91 Å². The van der Waals surface area contributed by atoms with Crippen molar-refractivity contribution in [3.05, 3.63) is 66.0 Å². The summed E-state index contributed by atoms with van der Waals surface area (Å²) < 4.78 is 2.48. The Bertz CT molecular complexity index is 1200. The van der Waals surface area contributed by atoms with Gasteiger partial charge < -0.3 is 14.4 Å². The van der Waals surface area contributed by atoms with Crippen LogP contribution in [0.2, 0.25) is 0 Å². The molecule has 1 amide bonds. The number of hydrogen-bond acceptors (Lipinski definition) is 3. The van der Waals surface area contributed by atoms with Crippen molar-refractivity contribution in [2.24, 2.45) is 5.92 Å². The number of rotatable bonds is 6. The summed E-state index contributed by atoms with van der Waals surface area (Å²) in [6.45, 7) is 7.42. The van der Waals surface area contributed by atoms with Crippen LogP contribution in [0.5, 0.6) is 0 Å². The summed E-state index contributed by atoms with van der Waals surface area (Å²) in [5, 5.41) is 0. The van der Waals surface area contributed by atoms with Crippen LogP contribution in [0.25, 0.3) is 11.0 Å². The van der Waals surface area contributed by atoms with Crippen LogP contribution in [-0.2, 0) is 10.2 Å². The highest BCUT2D eigenvalue weighted by Gasteiger charge is 2.39. The summed E-state index contributed by atoms with van der Waals surface area (Å²) in [5.74, 6) is 1.87. The van der Waals surface area contributed by atoms with E-state index in [1.165, 1.54) is 43.2 Å². The number of carbonyl (C=O) groups excluding carboxylic acids is 1. The Balaban J connectivity index is 1.09. The van der Waals surface area contributed by atoms with Crippen molar-refractivity contribution in [3.8, 4) is 0 Å². The normalized spacial score (nSPS) is 21.6. The van der Waals surface area contributed by atoms with E-state index < -0.39 is 0 Å². The molecule has 1 aliphatic carbocycles. The van der Waals surface area contributed by atoms with Crippen molar-refractivity contribution in [1.29, 1.82) is 0 Å². The molecule has 0 radical (unpaired) electrons. The zero-order chi connectivity index (χ0) is 25.2. The van der Waals surface area contributed by atoms with Crippen molar-refractivity contribution in [2.75, 3.05) is 32.7 Å². The molecule has 3 heterocycles. The first-order valence-corrected chi connectivity index (χ1v) is 14.6. The fourth-order valence-corrected chi connectivity index (χ4v) is 7.46. The second kappa shape index (κ2) is 10.6. The molecule has 0 unspecified atom stereocenters. The Morgan fingerprint density at radius 1 is 0.892 bits per heavy atom. The van der Waals surface area contributed by atoms with E-state index in [0.717, 1.165) is 69.7 Å². The van der Waals surface area contributed by atoms with Gasteiger partial charge in [-0.1, -0.05) is 55.3 Å². The maximum atomic E-state index is 13.1. The molecule has 1 aromatic heterocycles. The maximum absolute atomic E-state index is 13.1. The summed E-state index contributed by atoms with van der Waals surface area (Å²) in [6, 6.07) is 20.3. The highest BCUT2D eigenvalue weighted by atomic mass is 16.2. The van der Waals surface area contributed by atoms with E-state index in [0.29, 0.717) is 17.9 Å². The lowest BCUT2D eigenvalue weighted by Crippen LogP contribution is -2.48. The largest absolute Gasteiger partial charge is 0.342 e. The number of aromatic nitrogens is 2. The zero-order valence-corrected chi connectivity index (χ0v) is 22.4. The number of fused-ring (bicyclic) bond motifs is 1. The lowest BCUT2D eigenvalue weighted by Gasteiger charge is -2.44. The van der Waals surface area contributed by atoms with Crippen LogP contribution in [0, 0.1) is 12.8 Å². The molecule has 6 rings (SSSR count). The number of carbonyl (C=O) groups is 1. The molecule has 3 aromatic rings. The van der Waals surface area contributed by atoms with Gasteiger partial charge in [-0.05, 0) is 81.5 Å². The molecule has 2 aromatic carbocycles. The van der Waals surface area contributed by atoms with E-state index >= 15 is 0 Å². The molecule has 3 fully saturated rings. The van der Waals surface area contributed by atoms with E-state index in [2.05, 4.69) is 75.9 Å². The number of nitrogens with zero attached hydrogens (tertiary/aromatic N) is 4. The summed E-state index contributed by atoms with van der Waals surface area (Å²) in [7, 11) is 0. The SMILES string of the molecule is Cc1nc2ccccc2n1C1CCN(CCC2(c3ccccc3)CCN(C(=O)C3CCCC3)CC2)CC1. The van der Waals surface area contributed by atoms with Gasteiger partial charge in [0.05, 0.1) is 11.0 Å². The molecule has 0 N–H and O–H groups in total. The molecule has 1 saturated carbocycles. The smallest absolute Gasteiger partial charge is 0.225 e. The number of amides is 1. The first kappa shape index (κ1) is 24.7. The van der Waals surface area contributed by atoms with Crippen LogP contribution in [0.1, 0.15) is 75.2 Å². The first-order valence-electron chi connectivity index (χ1n) is 14.6. The van der Waals surface area contributed by atoms with Crippen LogP contribution >= 0.6 is 0 Å². The Morgan fingerprint density at radius 3 is 2.30 bits per heavy atom. The van der Waals surface area contributed by atoms with Gasteiger partial charge in [-0.25, -0.2) is 4.98 Å². The highest BCUT2D eigenvalue weighted by Crippen LogP contribution is 2.40. The molecule has 2 aliphatic heterocycles. The van der Waals surface area contributed by atoms with E-state index in [1.807, 2.05) is 0 Å². The Kier molecular flexibility index (Phi) is 7.07. The fourth-order valence-electron chi connectivity index (χ4n) is 7.46. The monoisotopic (exact) mass is 498 g/mol. The molecule has 0 atom stereocenters. The summed E-state index contributed by atoms with van der Waals surface area (Å²) in [6.07, 6.45) is 10.4. The van der Waals surface area contributed by atoms with Crippen LogP contribution in [0.15, 0.2) is 54.6 Å². The standard InChI is InChI=1S/C32H42N4O/c1-25-33-29-13-7-8-14-30(29)36(25)28-15-20-34(21-16-28)22-17-32(27-11-3-2-4-12-27)18-23-35(24-19-32)31(37)26-9-5-6-10-26/h2-4,7-8,11-14,26,28H,5-6,9-10,15-24H2,1H3. The van der Waals surface area contributed by atoms with Crippen LogP contribution < -0.4 is 0 Å². The number of para-hydroxylation sites is 2. The average molecular weight is 499 g/mol. The number of imidazole rings is 1. The first-order chi connectivity index (χ1) is 18.1. The molecule has 0 bridgehead atoms. The quantitative estimate of drug-likeness (QED) is 0.411. The number of aryl methyl sites for hydroxylation is 1. The lowest BCUT2D eigenvalue weighted by atomic mass is 9.70. The predicted octanol–water partition coefficient (Wildman–Crippen LogP) is 6.12. The summed E-state index contributed by atoms with van der Waals surface area (Å²) >= 11 is 0. The lowest BCUT2D eigenvalue weighted by molar-refractivity contribution is -0.137. The molecule has 5 heteroatoms. The topological polar surface area (TPSA) is 41.4 Å². The van der Waals surface area contributed by atoms with Gasteiger partial charge in [0, 0.05) is 38.1 Å². The van der Waals surface area contributed by atoms with Gasteiger partial charge in [0.25, 0.3) is 0 Å². The van der Waals surface area contributed by atoms with Gasteiger partial charge in [-0.2, -0.15) is 0 Å². The minimum absolute atomic E-state index is 0.182. The van der Waals surface area contributed by atoms with Crippen molar-refractivity contribution >= 4 is 16.9 Å². The fraction of sp³-hybridized carbons (Fsp3) is 0.562. The molecular weight excluding hydrogens is 456 g/mol. The van der Waals surface area contributed by atoms with Crippen LogP contribution in [-0.4, -0.2) is 58.0 Å². The third-order valence-corrected chi connectivity index (χ3v) is 9.72. The number of benzene rings is 2. The van der Waals surface area contributed by atoms with E-state index in [-0.39, 0.29) is 5.41 Å². The minimum atomic E-state index is 0.182. The Hall–Kier alpha value is -2.66. The highest BCUT2D eigenvalue weighted by molar-refractivity contribution is 5.79. The number of likely N-dealkylation sites (tertiary alicyclic amines) is 2.